The van der Waals surface area contributed by atoms with Crippen LogP contribution in [-0.2, 0) is 43.4 Å². The Balaban J connectivity index is 2.57. The highest BCUT2D eigenvalue weighted by Gasteiger charge is 2.19. The van der Waals surface area contributed by atoms with Crippen molar-refractivity contribution < 1.29 is 34.0 Å². The predicted octanol–water partition coefficient (Wildman–Crippen LogP) is 11.2. The molecule has 7 heteroatoms. The number of hydrogen-bond acceptors (Lipinski definition) is 6. The molecule has 0 aliphatic heterocycles. The first-order valence-electron chi connectivity index (χ1n) is 21.0. The van der Waals surface area contributed by atoms with E-state index < -0.39 is 18.2 Å². The van der Waals surface area contributed by atoms with E-state index in [0.717, 1.165) is 88.2 Å². The third-order valence-corrected chi connectivity index (χ3v) is 8.99. The van der Waals surface area contributed by atoms with E-state index in [-0.39, 0.29) is 25.6 Å². The van der Waals surface area contributed by atoms with Crippen molar-refractivity contribution in [3.8, 4) is 23.7 Å². The average molecular weight is 749 g/mol. The normalized spacial score (nSPS) is 11.8. The summed E-state index contributed by atoms with van der Waals surface area (Å²) in [5.41, 5.74) is 2.21. The minimum atomic E-state index is -0.811. The molecule has 0 heterocycles. The quantitative estimate of drug-likeness (QED) is 0.0249. The van der Waals surface area contributed by atoms with Gasteiger partial charge in [0, 0.05) is 32.1 Å². The number of aliphatic carboxylic acids is 1. The van der Waals surface area contributed by atoms with Crippen LogP contribution in [0.2, 0.25) is 0 Å². The standard InChI is InChI=1S/C47H72O7/c1-4-7-10-13-16-17-18-19-20-21-22-23-24-27-30-44(47(50)51)38-41-35-42(39-48)37-43(36-41)40-54-45(49)31-32-46(52-33-28-25-14-11-8-5-2)53-34-29-26-15-12-9-6-3/h16-17,19-20,35-37,44,46,48H,4-13,18,21-24,27-34,38-40H2,1-3H3,(H,50,51)/b17-16-,20-19-. The molecular weight excluding hydrogens is 677 g/mol. The number of carboxylic acid groups (broad SMARTS) is 1. The fraction of sp³-hybridized carbons (Fsp3) is 0.660. The van der Waals surface area contributed by atoms with Gasteiger partial charge in [-0.2, -0.15) is 0 Å². The van der Waals surface area contributed by atoms with Gasteiger partial charge in [0.2, 0.25) is 0 Å². The molecule has 0 aliphatic rings. The summed E-state index contributed by atoms with van der Waals surface area (Å²) in [6.45, 7) is 7.21. The van der Waals surface area contributed by atoms with E-state index in [1.807, 2.05) is 12.1 Å². The minimum Gasteiger partial charge on any atom is -0.481 e. The first kappa shape index (κ1) is 48.7. The molecule has 0 spiro atoms. The monoisotopic (exact) mass is 749 g/mol. The van der Waals surface area contributed by atoms with Gasteiger partial charge in [0.15, 0.2) is 6.29 Å². The lowest BCUT2D eigenvalue weighted by Crippen LogP contribution is -2.20. The van der Waals surface area contributed by atoms with Crippen molar-refractivity contribution >= 4 is 11.9 Å². The molecule has 1 aromatic carbocycles. The summed E-state index contributed by atoms with van der Waals surface area (Å²) in [5.74, 6) is 10.9. The van der Waals surface area contributed by atoms with Gasteiger partial charge in [-0.25, -0.2) is 0 Å². The van der Waals surface area contributed by atoms with Gasteiger partial charge in [-0.05, 0) is 74.5 Å². The Hall–Kier alpha value is -3.36. The summed E-state index contributed by atoms with van der Waals surface area (Å²) in [4.78, 5) is 24.9. The van der Waals surface area contributed by atoms with Crippen LogP contribution < -0.4 is 0 Å². The lowest BCUT2D eigenvalue weighted by Gasteiger charge is -2.17. The molecule has 54 heavy (non-hydrogen) atoms. The van der Waals surface area contributed by atoms with Crippen molar-refractivity contribution in [3.63, 3.8) is 0 Å². The number of esters is 1. The van der Waals surface area contributed by atoms with Gasteiger partial charge in [-0.3, -0.25) is 9.59 Å². The van der Waals surface area contributed by atoms with Crippen LogP contribution in [0.3, 0.4) is 0 Å². The molecule has 1 rings (SSSR count). The molecule has 0 fully saturated rings. The van der Waals surface area contributed by atoms with Crippen LogP contribution in [-0.4, -0.2) is 41.7 Å². The van der Waals surface area contributed by atoms with E-state index in [9.17, 15) is 19.8 Å². The molecule has 0 saturated carbocycles. The van der Waals surface area contributed by atoms with Crippen molar-refractivity contribution in [2.75, 3.05) is 13.2 Å². The average Bonchev–Trinajstić information content (AvgIpc) is 3.17. The van der Waals surface area contributed by atoms with Crippen molar-refractivity contribution in [1.82, 2.24) is 0 Å². The fourth-order valence-corrected chi connectivity index (χ4v) is 5.81. The number of aliphatic hydroxyl groups excluding tert-OH is 1. The number of benzene rings is 1. The number of carboxylic acids is 1. The Labute approximate surface area is 328 Å². The third kappa shape index (κ3) is 28.1. The van der Waals surface area contributed by atoms with Crippen LogP contribution in [0.15, 0.2) is 42.5 Å². The number of allylic oxidation sites excluding steroid dienone is 4. The lowest BCUT2D eigenvalue weighted by molar-refractivity contribution is -0.158. The Morgan fingerprint density at radius 3 is 1.81 bits per heavy atom. The Kier molecular flexibility index (Phi) is 31.9. The Bertz CT molecular complexity index is 1260. The highest BCUT2D eigenvalue weighted by Crippen LogP contribution is 2.21. The number of unbranched alkanes of at least 4 members (excludes halogenated alkanes) is 11. The molecule has 302 valence electrons. The van der Waals surface area contributed by atoms with Gasteiger partial charge >= 0.3 is 11.9 Å². The summed E-state index contributed by atoms with van der Waals surface area (Å²) >= 11 is 0. The smallest absolute Gasteiger partial charge is 0.306 e. The van der Waals surface area contributed by atoms with Crippen LogP contribution in [0.25, 0.3) is 0 Å². The summed E-state index contributed by atoms with van der Waals surface area (Å²) in [6.07, 6.45) is 28.4. The van der Waals surface area contributed by atoms with E-state index in [1.165, 1.54) is 25.7 Å². The molecule has 0 amide bonds. The minimum absolute atomic E-state index is 0.0359. The number of hydrogen-bond donors (Lipinski definition) is 2. The van der Waals surface area contributed by atoms with Crippen molar-refractivity contribution in [1.29, 1.82) is 0 Å². The zero-order valence-electron chi connectivity index (χ0n) is 34.0. The van der Waals surface area contributed by atoms with Crippen molar-refractivity contribution in [3.05, 3.63) is 59.2 Å². The Morgan fingerprint density at radius 2 is 1.22 bits per heavy atom. The van der Waals surface area contributed by atoms with Gasteiger partial charge in [-0.15, -0.1) is 23.7 Å². The molecule has 7 nitrogen and oxygen atoms in total. The molecule has 2 N–H and O–H groups in total. The summed E-state index contributed by atoms with van der Waals surface area (Å²) in [6, 6.07) is 5.52. The molecule has 0 saturated heterocycles. The van der Waals surface area contributed by atoms with Crippen LogP contribution >= 0.6 is 0 Å². The third-order valence-electron chi connectivity index (χ3n) is 8.99. The molecule has 1 unspecified atom stereocenters. The number of aliphatic hydroxyl groups is 1. The van der Waals surface area contributed by atoms with Crippen LogP contribution in [0.5, 0.6) is 0 Å². The highest BCUT2D eigenvalue weighted by atomic mass is 16.7. The molecule has 1 atom stereocenters. The zero-order chi connectivity index (χ0) is 39.3. The van der Waals surface area contributed by atoms with E-state index in [0.29, 0.717) is 50.9 Å². The van der Waals surface area contributed by atoms with Gasteiger partial charge in [0.1, 0.15) is 6.61 Å². The molecule has 0 aliphatic carbocycles. The number of rotatable bonds is 32. The van der Waals surface area contributed by atoms with Gasteiger partial charge < -0.3 is 24.4 Å². The van der Waals surface area contributed by atoms with Gasteiger partial charge in [-0.1, -0.05) is 108 Å². The number of carbonyl (C=O) groups excluding carboxylic acids is 1. The Morgan fingerprint density at radius 1 is 0.667 bits per heavy atom. The topological polar surface area (TPSA) is 102 Å². The van der Waals surface area contributed by atoms with E-state index in [2.05, 4.69) is 68.8 Å². The van der Waals surface area contributed by atoms with Gasteiger partial charge in [0.25, 0.3) is 0 Å². The van der Waals surface area contributed by atoms with E-state index in [1.54, 1.807) is 6.07 Å². The summed E-state index contributed by atoms with van der Waals surface area (Å²) in [5, 5.41) is 19.9. The van der Waals surface area contributed by atoms with Crippen LogP contribution in [0, 0.1) is 29.6 Å². The maximum absolute atomic E-state index is 12.8. The van der Waals surface area contributed by atoms with E-state index in [4.69, 9.17) is 14.2 Å². The van der Waals surface area contributed by atoms with Crippen LogP contribution in [0.4, 0.5) is 0 Å². The fourth-order valence-electron chi connectivity index (χ4n) is 5.81. The first-order valence-corrected chi connectivity index (χ1v) is 21.0. The first-order chi connectivity index (χ1) is 26.4. The summed E-state index contributed by atoms with van der Waals surface area (Å²) < 4.78 is 17.5. The maximum atomic E-state index is 12.8. The summed E-state index contributed by atoms with van der Waals surface area (Å²) in [7, 11) is 0. The number of ether oxygens (including phenoxy) is 3. The lowest BCUT2D eigenvalue weighted by atomic mass is 9.92. The zero-order valence-corrected chi connectivity index (χ0v) is 34.0. The number of carbonyl (C=O) groups is 2. The second-order valence-electron chi connectivity index (χ2n) is 14.0. The molecular formula is C47H72O7. The molecule has 1 aromatic rings. The molecule has 0 radical (unpaired) electrons. The SMILES string of the molecule is CCCCC#CCCOC(CCC(=O)OCc1cc(CO)cc(CC(CCCCCC/C=C\C/C=C\CCCCC)C(=O)O)c1)OCCC#CCCCC. The highest BCUT2D eigenvalue weighted by molar-refractivity contribution is 5.70. The second kappa shape index (κ2) is 35.3. The van der Waals surface area contributed by atoms with Gasteiger partial charge in [0.05, 0.1) is 32.2 Å². The predicted molar refractivity (Wildman–Crippen MR) is 220 cm³/mol. The second-order valence-corrected chi connectivity index (χ2v) is 14.0. The largest absolute Gasteiger partial charge is 0.481 e. The van der Waals surface area contributed by atoms with Crippen molar-refractivity contribution in [2.24, 2.45) is 5.92 Å². The van der Waals surface area contributed by atoms with Crippen molar-refractivity contribution in [2.45, 2.75) is 182 Å². The molecule has 0 bridgehead atoms. The van der Waals surface area contributed by atoms with E-state index >= 15 is 0 Å². The maximum Gasteiger partial charge on any atom is 0.306 e. The molecule has 0 aromatic heterocycles. The van der Waals surface area contributed by atoms with Crippen LogP contribution in [0.1, 0.15) is 172 Å².